The van der Waals surface area contributed by atoms with Gasteiger partial charge in [-0.1, -0.05) is 13.8 Å². The summed E-state index contributed by atoms with van der Waals surface area (Å²) in [6.07, 6.45) is 5.22. The predicted octanol–water partition coefficient (Wildman–Crippen LogP) is 1.73. The molecule has 1 fully saturated rings. The molecular formula is C14H30ClN3OS. The van der Waals surface area contributed by atoms with Gasteiger partial charge in [0.05, 0.1) is 6.04 Å². The summed E-state index contributed by atoms with van der Waals surface area (Å²) >= 11 is 1.73. The van der Waals surface area contributed by atoms with Gasteiger partial charge in [0.15, 0.2) is 0 Å². The van der Waals surface area contributed by atoms with Crippen molar-refractivity contribution in [2.24, 2.45) is 11.7 Å². The minimum Gasteiger partial charge on any atom is -0.353 e. The van der Waals surface area contributed by atoms with Crippen molar-refractivity contribution in [1.82, 2.24) is 10.2 Å². The summed E-state index contributed by atoms with van der Waals surface area (Å²) in [6, 6.07) is 0.145. The second-order valence-corrected chi connectivity index (χ2v) is 6.80. The van der Waals surface area contributed by atoms with E-state index in [1.165, 1.54) is 12.8 Å². The van der Waals surface area contributed by atoms with Crippen LogP contribution in [-0.2, 0) is 4.79 Å². The van der Waals surface area contributed by atoms with E-state index in [1.54, 1.807) is 11.8 Å². The van der Waals surface area contributed by atoms with Crippen LogP contribution in [0.25, 0.3) is 0 Å². The van der Waals surface area contributed by atoms with E-state index in [-0.39, 0.29) is 24.4 Å². The molecule has 20 heavy (non-hydrogen) atoms. The van der Waals surface area contributed by atoms with Crippen molar-refractivity contribution in [3.8, 4) is 0 Å². The van der Waals surface area contributed by atoms with Gasteiger partial charge in [-0.15, -0.1) is 12.4 Å². The Morgan fingerprint density at radius 1 is 1.50 bits per heavy atom. The van der Waals surface area contributed by atoms with Crippen LogP contribution >= 0.6 is 24.2 Å². The van der Waals surface area contributed by atoms with Crippen molar-refractivity contribution < 1.29 is 4.79 Å². The van der Waals surface area contributed by atoms with E-state index in [9.17, 15) is 4.79 Å². The van der Waals surface area contributed by atoms with E-state index in [2.05, 4.69) is 24.1 Å². The fourth-order valence-corrected chi connectivity index (χ4v) is 3.05. The first-order valence-corrected chi connectivity index (χ1v) is 8.70. The molecule has 1 heterocycles. The Kier molecular flexibility index (Phi) is 10.7. The van der Waals surface area contributed by atoms with Crippen LogP contribution in [0.5, 0.6) is 0 Å². The predicted molar refractivity (Wildman–Crippen MR) is 90.7 cm³/mol. The van der Waals surface area contributed by atoms with Gasteiger partial charge >= 0.3 is 0 Å². The number of nitrogens with one attached hydrogen (secondary N) is 1. The molecule has 0 aliphatic carbocycles. The van der Waals surface area contributed by atoms with Gasteiger partial charge in [-0.2, -0.15) is 11.8 Å². The van der Waals surface area contributed by atoms with Gasteiger partial charge in [-0.05, 0) is 43.7 Å². The van der Waals surface area contributed by atoms with Crippen LogP contribution in [0.2, 0.25) is 0 Å². The van der Waals surface area contributed by atoms with Gasteiger partial charge in [-0.3, -0.25) is 9.69 Å². The second kappa shape index (κ2) is 10.7. The van der Waals surface area contributed by atoms with Crippen LogP contribution in [0.4, 0.5) is 0 Å². The van der Waals surface area contributed by atoms with E-state index in [1.807, 2.05) is 6.26 Å². The summed E-state index contributed by atoms with van der Waals surface area (Å²) in [6.45, 7) is 7.52. The molecule has 1 unspecified atom stereocenters. The molecule has 1 aliphatic heterocycles. The molecule has 120 valence electrons. The van der Waals surface area contributed by atoms with Crippen molar-refractivity contribution >= 4 is 30.1 Å². The number of thioether (sulfide) groups is 1. The van der Waals surface area contributed by atoms with Crippen LogP contribution in [0.3, 0.4) is 0 Å². The number of carbonyl (C=O) groups is 1. The molecule has 0 radical (unpaired) electrons. The molecule has 0 bridgehead atoms. The zero-order valence-corrected chi connectivity index (χ0v) is 14.6. The fourth-order valence-electron chi connectivity index (χ4n) is 2.56. The lowest BCUT2D eigenvalue weighted by atomic mass is 10.1. The van der Waals surface area contributed by atoms with Crippen molar-refractivity contribution in [3.63, 3.8) is 0 Å². The molecular weight excluding hydrogens is 294 g/mol. The smallest absolute Gasteiger partial charge is 0.237 e. The lowest BCUT2D eigenvalue weighted by molar-refractivity contribution is -0.122. The van der Waals surface area contributed by atoms with Gasteiger partial charge in [0, 0.05) is 19.1 Å². The molecule has 0 aromatic rings. The number of rotatable bonds is 8. The number of carbonyl (C=O) groups excluding carboxylic acids is 1. The Bertz CT molecular complexity index is 279. The SMILES string of the molecule is CSCCC(N)C(=O)NC[C@H]1CCCN1CC(C)C.Cl. The van der Waals surface area contributed by atoms with E-state index in [0.29, 0.717) is 12.0 Å². The Hall–Kier alpha value is 0.0300. The molecule has 1 amide bonds. The number of likely N-dealkylation sites (tertiary alicyclic amines) is 1. The quantitative estimate of drug-likeness (QED) is 0.714. The fraction of sp³-hybridized carbons (Fsp3) is 0.929. The van der Waals surface area contributed by atoms with Gasteiger partial charge in [0.2, 0.25) is 5.91 Å². The topological polar surface area (TPSA) is 58.4 Å². The first-order valence-electron chi connectivity index (χ1n) is 7.30. The van der Waals surface area contributed by atoms with E-state index in [0.717, 1.165) is 31.8 Å². The molecule has 4 nitrogen and oxygen atoms in total. The molecule has 6 heteroatoms. The van der Waals surface area contributed by atoms with Crippen LogP contribution < -0.4 is 11.1 Å². The zero-order valence-electron chi connectivity index (χ0n) is 12.9. The highest BCUT2D eigenvalue weighted by molar-refractivity contribution is 7.98. The minimum absolute atomic E-state index is 0. The van der Waals surface area contributed by atoms with Crippen molar-refractivity contribution in [2.75, 3.05) is 31.6 Å². The molecule has 0 aromatic carbocycles. The standard InChI is InChI=1S/C14H29N3OS.ClH/c1-11(2)10-17-7-4-5-12(17)9-16-14(18)13(15)6-8-19-3;/h11-13H,4-10,15H2,1-3H3,(H,16,18);1H/t12-,13?;/m1./s1. The highest BCUT2D eigenvalue weighted by atomic mass is 35.5. The highest BCUT2D eigenvalue weighted by Crippen LogP contribution is 2.17. The third-order valence-electron chi connectivity index (χ3n) is 3.58. The highest BCUT2D eigenvalue weighted by Gasteiger charge is 2.25. The Morgan fingerprint density at radius 3 is 2.80 bits per heavy atom. The summed E-state index contributed by atoms with van der Waals surface area (Å²) in [4.78, 5) is 14.4. The first-order chi connectivity index (χ1) is 9.04. The maximum Gasteiger partial charge on any atom is 0.237 e. The summed E-state index contributed by atoms with van der Waals surface area (Å²) in [5.74, 6) is 1.63. The van der Waals surface area contributed by atoms with Crippen LogP contribution in [0, 0.1) is 5.92 Å². The number of nitrogens with two attached hydrogens (primary N) is 1. The lowest BCUT2D eigenvalue weighted by Crippen LogP contribution is -2.47. The van der Waals surface area contributed by atoms with Crippen molar-refractivity contribution in [1.29, 1.82) is 0 Å². The van der Waals surface area contributed by atoms with Crippen LogP contribution in [0.15, 0.2) is 0 Å². The van der Waals surface area contributed by atoms with Crippen LogP contribution in [-0.4, -0.2) is 54.5 Å². The van der Waals surface area contributed by atoms with E-state index >= 15 is 0 Å². The van der Waals surface area contributed by atoms with E-state index in [4.69, 9.17) is 5.73 Å². The number of halogens is 1. The molecule has 0 saturated carbocycles. The average Bonchev–Trinajstić information content (AvgIpc) is 2.79. The maximum absolute atomic E-state index is 11.9. The third-order valence-corrected chi connectivity index (χ3v) is 4.22. The Morgan fingerprint density at radius 2 is 2.20 bits per heavy atom. The second-order valence-electron chi connectivity index (χ2n) is 5.82. The number of hydrogen-bond donors (Lipinski definition) is 2. The number of nitrogens with zero attached hydrogens (tertiary/aromatic N) is 1. The Balaban J connectivity index is 0.00000361. The monoisotopic (exact) mass is 323 g/mol. The molecule has 0 spiro atoms. The lowest BCUT2D eigenvalue weighted by Gasteiger charge is -2.26. The maximum atomic E-state index is 11.9. The number of amides is 1. The summed E-state index contributed by atoms with van der Waals surface area (Å²) in [5, 5.41) is 3.02. The molecule has 1 saturated heterocycles. The van der Waals surface area contributed by atoms with E-state index < -0.39 is 0 Å². The van der Waals surface area contributed by atoms with Gasteiger partial charge in [0.25, 0.3) is 0 Å². The van der Waals surface area contributed by atoms with Crippen molar-refractivity contribution in [2.45, 2.75) is 45.2 Å². The van der Waals surface area contributed by atoms with Crippen molar-refractivity contribution in [3.05, 3.63) is 0 Å². The molecule has 1 aliphatic rings. The molecule has 2 atom stereocenters. The summed E-state index contributed by atoms with van der Waals surface area (Å²) in [5.41, 5.74) is 5.86. The summed E-state index contributed by atoms with van der Waals surface area (Å²) < 4.78 is 0. The Labute approximate surface area is 134 Å². The van der Waals surface area contributed by atoms with Gasteiger partial charge in [-0.25, -0.2) is 0 Å². The van der Waals surface area contributed by atoms with Gasteiger partial charge in [0.1, 0.15) is 0 Å². The third kappa shape index (κ3) is 7.16. The van der Waals surface area contributed by atoms with Crippen LogP contribution in [0.1, 0.15) is 33.1 Å². The molecule has 3 N–H and O–H groups in total. The first kappa shape index (κ1) is 20.0. The van der Waals surface area contributed by atoms with Gasteiger partial charge < -0.3 is 11.1 Å². The largest absolute Gasteiger partial charge is 0.353 e. The molecule has 0 aromatic heterocycles. The minimum atomic E-state index is -0.354. The number of hydrogen-bond acceptors (Lipinski definition) is 4. The summed E-state index contributed by atoms with van der Waals surface area (Å²) in [7, 11) is 0. The normalized spacial score (nSPS) is 20.8. The molecule has 1 rings (SSSR count). The average molecular weight is 324 g/mol. The zero-order chi connectivity index (χ0) is 14.3.